The largest absolute Gasteiger partial charge is 0.320 e. The average Bonchev–Trinajstić information content (AvgIpc) is 3.04. The summed E-state index contributed by atoms with van der Waals surface area (Å²) in [4.78, 5) is 17.2. The van der Waals surface area contributed by atoms with Gasteiger partial charge < -0.3 is 11.1 Å². The Hall–Kier alpha value is -1.29. The number of sulfone groups is 1. The number of amides is 1. The molecule has 0 aliphatic heterocycles. The van der Waals surface area contributed by atoms with E-state index in [1.165, 1.54) is 11.3 Å². The highest BCUT2D eigenvalue weighted by Gasteiger charge is 2.17. The lowest BCUT2D eigenvalue weighted by atomic mass is 10.2. The molecule has 1 atom stereocenters. The number of carbonyl (C=O) groups is 1. The third-order valence-corrected chi connectivity index (χ3v) is 5.27. The molecule has 1 unspecified atom stereocenters. The average molecular weight is 345 g/mol. The molecule has 21 heavy (non-hydrogen) atoms. The summed E-state index contributed by atoms with van der Waals surface area (Å²) in [6, 6.07) is 3.01. The number of thiazole rings is 1. The summed E-state index contributed by atoms with van der Waals surface area (Å²) in [6.07, 6.45) is 1.21. The van der Waals surface area contributed by atoms with Crippen LogP contribution in [0.4, 0.5) is 5.13 Å². The van der Waals surface area contributed by atoms with E-state index in [1.54, 1.807) is 11.3 Å². The molecular weight excluding hydrogens is 330 g/mol. The third kappa shape index (κ3) is 4.88. The van der Waals surface area contributed by atoms with E-state index in [9.17, 15) is 13.2 Å². The van der Waals surface area contributed by atoms with E-state index < -0.39 is 21.8 Å². The first-order chi connectivity index (χ1) is 9.85. The van der Waals surface area contributed by atoms with Crippen molar-refractivity contribution < 1.29 is 13.2 Å². The van der Waals surface area contributed by atoms with Crippen molar-refractivity contribution in [2.45, 2.75) is 12.5 Å². The van der Waals surface area contributed by atoms with Gasteiger partial charge in [0.15, 0.2) is 5.13 Å². The second kappa shape index (κ2) is 6.65. The summed E-state index contributed by atoms with van der Waals surface area (Å²) in [7, 11) is -3.12. The van der Waals surface area contributed by atoms with Crippen LogP contribution in [-0.4, -0.2) is 37.4 Å². The Balaban J connectivity index is 1.94. The molecule has 9 heteroatoms. The lowest BCUT2D eigenvalue weighted by Crippen LogP contribution is -2.37. The van der Waals surface area contributed by atoms with Crippen molar-refractivity contribution in [1.29, 1.82) is 0 Å². The first-order valence-electron chi connectivity index (χ1n) is 6.09. The Labute approximate surface area is 130 Å². The zero-order chi connectivity index (χ0) is 15.5. The van der Waals surface area contributed by atoms with Gasteiger partial charge >= 0.3 is 0 Å². The van der Waals surface area contributed by atoms with Crippen molar-refractivity contribution in [3.63, 3.8) is 0 Å². The molecular formula is C12H15N3O3S3. The molecule has 0 spiro atoms. The zero-order valence-electron chi connectivity index (χ0n) is 11.3. The van der Waals surface area contributed by atoms with Gasteiger partial charge in [-0.2, -0.15) is 0 Å². The molecule has 2 aromatic heterocycles. The van der Waals surface area contributed by atoms with E-state index in [-0.39, 0.29) is 12.2 Å². The Kier molecular flexibility index (Phi) is 5.09. The molecule has 6 nitrogen and oxygen atoms in total. The SMILES string of the molecule is CS(=O)(=O)CCC(N)C(=O)Nc1nc(-c2cccs2)cs1. The maximum absolute atomic E-state index is 11.9. The number of nitrogens with two attached hydrogens (primary N) is 1. The first kappa shape index (κ1) is 16.1. The van der Waals surface area contributed by atoms with Crippen molar-refractivity contribution >= 4 is 43.5 Å². The molecule has 2 aromatic rings. The van der Waals surface area contributed by atoms with Crippen LogP contribution in [0.1, 0.15) is 6.42 Å². The predicted molar refractivity (Wildman–Crippen MR) is 86.4 cm³/mol. The molecule has 0 aliphatic carbocycles. The van der Waals surface area contributed by atoms with Crippen LogP contribution in [0.3, 0.4) is 0 Å². The van der Waals surface area contributed by atoms with Crippen LogP contribution >= 0.6 is 22.7 Å². The van der Waals surface area contributed by atoms with Gasteiger partial charge in [0.05, 0.1) is 22.4 Å². The zero-order valence-corrected chi connectivity index (χ0v) is 13.7. The molecule has 0 aliphatic rings. The van der Waals surface area contributed by atoms with Gasteiger partial charge in [0.1, 0.15) is 9.84 Å². The highest BCUT2D eigenvalue weighted by atomic mass is 32.2. The monoisotopic (exact) mass is 345 g/mol. The summed E-state index contributed by atoms with van der Waals surface area (Å²) < 4.78 is 22.1. The molecule has 3 N–H and O–H groups in total. The molecule has 2 heterocycles. The van der Waals surface area contributed by atoms with E-state index >= 15 is 0 Å². The van der Waals surface area contributed by atoms with Crippen LogP contribution in [0.2, 0.25) is 0 Å². The van der Waals surface area contributed by atoms with Crippen LogP contribution in [0, 0.1) is 0 Å². The van der Waals surface area contributed by atoms with Gasteiger partial charge in [-0.3, -0.25) is 4.79 Å². The number of carbonyl (C=O) groups excluding carboxylic acids is 1. The number of hydrogen-bond donors (Lipinski definition) is 2. The fraction of sp³-hybridized carbons (Fsp3) is 0.333. The summed E-state index contributed by atoms with van der Waals surface area (Å²) >= 11 is 2.87. The minimum absolute atomic E-state index is 0.0911. The fourth-order valence-electron chi connectivity index (χ4n) is 1.54. The Bertz CT molecular complexity index is 707. The minimum atomic E-state index is -3.12. The number of anilines is 1. The van der Waals surface area contributed by atoms with Crippen LogP contribution in [-0.2, 0) is 14.6 Å². The van der Waals surface area contributed by atoms with Crippen molar-refractivity contribution in [2.75, 3.05) is 17.3 Å². The summed E-state index contributed by atoms with van der Waals surface area (Å²) in [5.74, 6) is -0.536. The summed E-state index contributed by atoms with van der Waals surface area (Å²) in [5, 5.41) is 6.87. The van der Waals surface area contributed by atoms with Crippen LogP contribution in [0.15, 0.2) is 22.9 Å². The lowest BCUT2D eigenvalue weighted by Gasteiger charge is -2.09. The third-order valence-electron chi connectivity index (χ3n) is 2.64. The second-order valence-corrected chi connectivity index (χ2v) is 8.60. The number of rotatable bonds is 6. The van der Waals surface area contributed by atoms with Gasteiger partial charge in [0, 0.05) is 11.6 Å². The minimum Gasteiger partial charge on any atom is -0.320 e. The van der Waals surface area contributed by atoms with E-state index in [0.29, 0.717) is 5.13 Å². The summed E-state index contributed by atoms with van der Waals surface area (Å²) in [6.45, 7) is 0. The van der Waals surface area contributed by atoms with Crippen molar-refractivity contribution in [1.82, 2.24) is 4.98 Å². The number of thiophene rings is 1. The normalized spacial score (nSPS) is 13.0. The van der Waals surface area contributed by atoms with E-state index in [2.05, 4.69) is 10.3 Å². The molecule has 114 valence electrons. The molecule has 1 amide bonds. The maximum atomic E-state index is 11.9. The highest BCUT2D eigenvalue weighted by Crippen LogP contribution is 2.28. The Morgan fingerprint density at radius 1 is 1.48 bits per heavy atom. The standard InChI is InChI=1S/C12H15N3O3S3/c1-21(17,18)6-4-8(13)11(16)15-12-14-9(7-20-12)10-3-2-5-19-10/h2-3,5,7-8H,4,6,13H2,1H3,(H,14,15,16). The van der Waals surface area contributed by atoms with Gasteiger partial charge in [0.25, 0.3) is 0 Å². The van der Waals surface area contributed by atoms with Gasteiger partial charge in [-0.25, -0.2) is 13.4 Å². The Morgan fingerprint density at radius 2 is 2.24 bits per heavy atom. The number of hydrogen-bond acceptors (Lipinski definition) is 7. The summed E-state index contributed by atoms with van der Waals surface area (Å²) in [5.41, 5.74) is 6.48. The molecule has 2 rings (SSSR count). The van der Waals surface area contributed by atoms with Crippen LogP contribution in [0.25, 0.3) is 10.6 Å². The topological polar surface area (TPSA) is 102 Å². The number of nitrogens with one attached hydrogen (secondary N) is 1. The van der Waals surface area contributed by atoms with Crippen molar-refractivity contribution in [3.8, 4) is 10.6 Å². The molecule has 0 radical (unpaired) electrons. The highest BCUT2D eigenvalue weighted by molar-refractivity contribution is 7.90. The Morgan fingerprint density at radius 3 is 2.86 bits per heavy atom. The quantitative estimate of drug-likeness (QED) is 0.827. The van der Waals surface area contributed by atoms with Gasteiger partial charge in [0.2, 0.25) is 5.91 Å². The van der Waals surface area contributed by atoms with Crippen LogP contribution < -0.4 is 11.1 Å². The van der Waals surface area contributed by atoms with Crippen LogP contribution in [0.5, 0.6) is 0 Å². The molecule has 0 saturated heterocycles. The van der Waals surface area contributed by atoms with Gasteiger partial charge in [-0.1, -0.05) is 6.07 Å². The first-order valence-corrected chi connectivity index (χ1v) is 9.91. The fourth-order valence-corrected chi connectivity index (χ4v) is 3.70. The number of aromatic nitrogens is 1. The van der Waals surface area contributed by atoms with Crippen molar-refractivity contribution in [2.24, 2.45) is 5.73 Å². The van der Waals surface area contributed by atoms with E-state index in [4.69, 9.17) is 5.73 Å². The lowest BCUT2D eigenvalue weighted by molar-refractivity contribution is -0.117. The maximum Gasteiger partial charge on any atom is 0.243 e. The van der Waals surface area contributed by atoms with Gasteiger partial charge in [-0.05, 0) is 17.9 Å². The molecule has 0 saturated carbocycles. The van der Waals surface area contributed by atoms with Crippen molar-refractivity contribution in [3.05, 3.63) is 22.9 Å². The second-order valence-electron chi connectivity index (χ2n) is 4.53. The van der Waals surface area contributed by atoms with Gasteiger partial charge in [-0.15, -0.1) is 22.7 Å². The van der Waals surface area contributed by atoms with E-state index in [1.807, 2.05) is 22.9 Å². The predicted octanol–water partition coefficient (Wildman–Crippen LogP) is 1.57. The smallest absolute Gasteiger partial charge is 0.243 e. The van der Waals surface area contributed by atoms with E-state index in [0.717, 1.165) is 16.8 Å². The molecule has 0 bridgehead atoms. The number of nitrogens with zero attached hydrogens (tertiary/aromatic N) is 1. The molecule has 0 aromatic carbocycles. The molecule has 0 fully saturated rings.